The number of thioether (sulfide) groups is 1. The molecule has 2 aliphatic rings. The molecule has 3 atom stereocenters. The van der Waals surface area contributed by atoms with Gasteiger partial charge in [0.25, 0.3) is 0 Å². The van der Waals surface area contributed by atoms with Crippen LogP contribution >= 0.6 is 35.7 Å². The summed E-state index contributed by atoms with van der Waals surface area (Å²) in [5.41, 5.74) is 0.0867. The highest BCUT2D eigenvalue weighted by atomic mass is 127. The van der Waals surface area contributed by atoms with E-state index in [0.29, 0.717) is 12.4 Å². The average molecular weight is 494 g/mol. The van der Waals surface area contributed by atoms with E-state index >= 15 is 0 Å². The first kappa shape index (κ1) is 23.1. The number of rotatable bonds is 4. The Morgan fingerprint density at radius 3 is 2.56 bits per heavy atom. The molecule has 1 heterocycles. The Morgan fingerprint density at radius 2 is 2.04 bits per heavy atom. The van der Waals surface area contributed by atoms with Crippen LogP contribution in [0.3, 0.4) is 0 Å². The van der Waals surface area contributed by atoms with Crippen molar-refractivity contribution < 1.29 is 13.2 Å². The summed E-state index contributed by atoms with van der Waals surface area (Å²) in [6.07, 6.45) is -1.23. The lowest BCUT2D eigenvalue weighted by molar-refractivity contribution is -0.183. The first-order valence-electron chi connectivity index (χ1n) is 8.56. The molecule has 1 aliphatic heterocycles. The zero-order chi connectivity index (χ0) is 17.8. The molecule has 1 aliphatic carbocycles. The summed E-state index contributed by atoms with van der Waals surface area (Å²) in [7, 11) is 5.84. The fourth-order valence-corrected chi connectivity index (χ4v) is 5.05. The minimum absolute atomic E-state index is 0. The van der Waals surface area contributed by atoms with Crippen molar-refractivity contribution in [2.75, 3.05) is 39.2 Å². The smallest absolute Gasteiger partial charge is 0.355 e. The van der Waals surface area contributed by atoms with Crippen LogP contribution in [0.5, 0.6) is 0 Å². The standard InChI is InChI=1S/C16H29F3N4S.HI/c1-20-14(21-10-15(23(2)3)7-8-24-11-15)22-13-6-4-5-12(9-13)16(17,18)19;/h12-13H,4-11H2,1-3H3,(H2,20,21,22);1H. The van der Waals surface area contributed by atoms with Crippen molar-refractivity contribution in [2.45, 2.75) is 49.9 Å². The molecular formula is C16H30F3IN4S. The van der Waals surface area contributed by atoms with Crippen LogP contribution in [-0.4, -0.2) is 67.8 Å². The maximum Gasteiger partial charge on any atom is 0.391 e. The van der Waals surface area contributed by atoms with Crippen LogP contribution in [-0.2, 0) is 0 Å². The molecule has 0 aromatic rings. The second kappa shape index (κ2) is 9.87. The van der Waals surface area contributed by atoms with E-state index in [9.17, 15) is 13.2 Å². The quantitative estimate of drug-likeness (QED) is 0.358. The van der Waals surface area contributed by atoms with Gasteiger partial charge in [-0.2, -0.15) is 24.9 Å². The number of guanidine groups is 1. The number of alkyl halides is 3. The van der Waals surface area contributed by atoms with E-state index in [1.807, 2.05) is 11.8 Å². The third-order valence-corrected chi connectivity index (χ3v) is 6.55. The molecule has 2 rings (SSSR count). The van der Waals surface area contributed by atoms with Crippen molar-refractivity contribution in [3.8, 4) is 0 Å². The van der Waals surface area contributed by atoms with Crippen LogP contribution < -0.4 is 10.6 Å². The molecule has 1 saturated heterocycles. The Labute approximate surface area is 170 Å². The van der Waals surface area contributed by atoms with Gasteiger partial charge in [-0.25, -0.2) is 0 Å². The van der Waals surface area contributed by atoms with E-state index in [1.54, 1.807) is 7.05 Å². The van der Waals surface area contributed by atoms with Crippen LogP contribution in [0.25, 0.3) is 0 Å². The van der Waals surface area contributed by atoms with Gasteiger partial charge in [0.05, 0.1) is 5.92 Å². The largest absolute Gasteiger partial charge is 0.391 e. The highest BCUT2D eigenvalue weighted by molar-refractivity contribution is 14.0. The van der Waals surface area contributed by atoms with E-state index in [0.717, 1.165) is 30.9 Å². The van der Waals surface area contributed by atoms with Crippen molar-refractivity contribution in [3.05, 3.63) is 0 Å². The second-order valence-electron chi connectivity index (χ2n) is 7.09. The van der Waals surface area contributed by atoms with Crippen molar-refractivity contribution in [3.63, 3.8) is 0 Å². The minimum Gasteiger partial charge on any atom is -0.355 e. The average Bonchev–Trinajstić information content (AvgIpc) is 3.01. The van der Waals surface area contributed by atoms with E-state index in [2.05, 4.69) is 34.6 Å². The molecule has 9 heteroatoms. The fourth-order valence-electron chi connectivity index (χ4n) is 3.50. The fraction of sp³-hybridized carbons (Fsp3) is 0.938. The zero-order valence-electron chi connectivity index (χ0n) is 15.2. The van der Waals surface area contributed by atoms with Gasteiger partial charge in [0, 0.05) is 30.9 Å². The number of nitrogens with zero attached hydrogens (tertiary/aromatic N) is 2. The number of halogens is 4. The normalized spacial score (nSPS) is 30.9. The molecule has 1 saturated carbocycles. The molecule has 0 amide bonds. The molecule has 2 N–H and O–H groups in total. The SMILES string of the molecule is CN=C(NCC1(N(C)C)CCSC1)NC1CCCC(C(F)(F)F)C1.I. The minimum atomic E-state index is -4.09. The molecule has 25 heavy (non-hydrogen) atoms. The lowest BCUT2D eigenvalue weighted by Crippen LogP contribution is -2.56. The lowest BCUT2D eigenvalue weighted by atomic mass is 9.85. The van der Waals surface area contributed by atoms with Gasteiger partial charge in [-0.1, -0.05) is 6.42 Å². The molecule has 0 spiro atoms. The van der Waals surface area contributed by atoms with E-state index in [1.165, 1.54) is 0 Å². The Balaban J connectivity index is 0.00000312. The van der Waals surface area contributed by atoms with Gasteiger partial charge < -0.3 is 15.5 Å². The van der Waals surface area contributed by atoms with E-state index in [4.69, 9.17) is 0 Å². The summed E-state index contributed by atoms with van der Waals surface area (Å²) in [4.78, 5) is 6.45. The summed E-state index contributed by atoms with van der Waals surface area (Å²) in [5.74, 6) is 1.62. The van der Waals surface area contributed by atoms with E-state index < -0.39 is 12.1 Å². The molecule has 0 bridgehead atoms. The van der Waals surface area contributed by atoms with Crippen molar-refractivity contribution in [2.24, 2.45) is 10.9 Å². The Hall–Kier alpha value is 0.1000. The summed E-state index contributed by atoms with van der Waals surface area (Å²) in [6, 6.07) is -0.162. The second-order valence-corrected chi connectivity index (χ2v) is 8.20. The van der Waals surface area contributed by atoms with Crippen LogP contribution in [0.2, 0.25) is 0 Å². The first-order chi connectivity index (χ1) is 11.3. The molecule has 148 valence electrons. The topological polar surface area (TPSA) is 39.7 Å². The molecule has 3 unspecified atom stereocenters. The van der Waals surface area contributed by atoms with Gasteiger partial charge in [-0.05, 0) is 45.5 Å². The Kier molecular flexibility index (Phi) is 9.13. The zero-order valence-corrected chi connectivity index (χ0v) is 18.3. The Morgan fingerprint density at radius 1 is 1.32 bits per heavy atom. The van der Waals surface area contributed by atoms with Crippen molar-refractivity contribution >= 4 is 41.7 Å². The van der Waals surface area contributed by atoms with E-state index in [-0.39, 0.29) is 48.4 Å². The van der Waals surface area contributed by atoms with Crippen molar-refractivity contribution in [1.82, 2.24) is 15.5 Å². The Bertz CT molecular complexity index is 440. The predicted molar refractivity (Wildman–Crippen MR) is 110 cm³/mol. The number of aliphatic imine (C=N–C) groups is 1. The molecule has 2 fully saturated rings. The number of hydrogen-bond donors (Lipinski definition) is 2. The summed E-state index contributed by atoms with van der Waals surface area (Å²) in [6.45, 7) is 0.752. The highest BCUT2D eigenvalue weighted by Gasteiger charge is 2.42. The van der Waals surface area contributed by atoms with Gasteiger partial charge in [0.15, 0.2) is 5.96 Å². The van der Waals surface area contributed by atoms with Gasteiger partial charge in [-0.3, -0.25) is 4.99 Å². The molecular weight excluding hydrogens is 464 g/mol. The number of hydrogen-bond acceptors (Lipinski definition) is 3. The van der Waals surface area contributed by atoms with Crippen LogP contribution in [0, 0.1) is 5.92 Å². The maximum atomic E-state index is 12.9. The third-order valence-electron chi connectivity index (χ3n) is 5.32. The molecule has 0 radical (unpaired) electrons. The predicted octanol–water partition coefficient (Wildman–Crippen LogP) is 3.33. The summed E-state index contributed by atoms with van der Waals surface area (Å²) < 4.78 is 38.8. The van der Waals surface area contributed by atoms with Crippen LogP contribution in [0.1, 0.15) is 32.1 Å². The summed E-state index contributed by atoms with van der Waals surface area (Å²) in [5, 5.41) is 6.54. The first-order valence-corrected chi connectivity index (χ1v) is 9.71. The monoisotopic (exact) mass is 494 g/mol. The van der Waals surface area contributed by atoms with Gasteiger partial charge in [-0.15, -0.1) is 24.0 Å². The van der Waals surface area contributed by atoms with Gasteiger partial charge in [0.1, 0.15) is 0 Å². The van der Waals surface area contributed by atoms with Crippen LogP contribution in [0.4, 0.5) is 13.2 Å². The van der Waals surface area contributed by atoms with Gasteiger partial charge >= 0.3 is 6.18 Å². The van der Waals surface area contributed by atoms with Gasteiger partial charge in [0.2, 0.25) is 0 Å². The molecule has 0 aromatic carbocycles. The maximum absolute atomic E-state index is 12.9. The number of nitrogens with one attached hydrogen (secondary N) is 2. The lowest BCUT2D eigenvalue weighted by Gasteiger charge is -2.37. The summed E-state index contributed by atoms with van der Waals surface area (Å²) >= 11 is 1.94. The number of likely N-dealkylation sites (N-methyl/N-ethyl adjacent to an activating group) is 1. The third kappa shape index (κ3) is 6.34. The molecule has 0 aromatic heterocycles. The van der Waals surface area contributed by atoms with Crippen molar-refractivity contribution in [1.29, 1.82) is 0 Å². The highest BCUT2D eigenvalue weighted by Crippen LogP contribution is 2.37. The van der Waals surface area contributed by atoms with Crippen LogP contribution in [0.15, 0.2) is 4.99 Å². The molecule has 4 nitrogen and oxygen atoms in total.